The number of aliphatic hydroxyl groups is 5. The molecule has 0 radical (unpaired) electrons. The molecule has 7 nitrogen and oxygen atoms in total. The van der Waals surface area contributed by atoms with E-state index in [1.807, 2.05) is 5.01 Å². The zero-order valence-electron chi connectivity index (χ0n) is 10.3. The average Bonchev–Trinajstić information content (AvgIpc) is 2.97. The average molecular weight is 262 g/mol. The van der Waals surface area contributed by atoms with Crippen molar-refractivity contribution < 1.29 is 25.5 Å². The van der Waals surface area contributed by atoms with Gasteiger partial charge in [0.25, 0.3) is 0 Å². The number of β-amino-alcohol motifs (C(OH)–C–C–N with tert-alkyl or cyclic N) is 1. The highest BCUT2D eigenvalue weighted by Gasteiger charge is 2.48. The van der Waals surface area contributed by atoms with Crippen molar-refractivity contribution in [2.24, 2.45) is 0 Å². The third kappa shape index (κ3) is 2.53. The summed E-state index contributed by atoms with van der Waals surface area (Å²) in [6, 6.07) is -0.778. The summed E-state index contributed by atoms with van der Waals surface area (Å²) in [6.07, 6.45) is -2.61. The summed E-state index contributed by atoms with van der Waals surface area (Å²) in [5.74, 6) is 0. The first-order valence-electron chi connectivity index (χ1n) is 6.41. The Bertz CT molecular complexity index is 274. The first-order chi connectivity index (χ1) is 8.56. The molecule has 5 N–H and O–H groups in total. The molecular formula is C11H22N2O5. The van der Waals surface area contributed by atoms with Crippen LogP contribution in [-0.4, -0.2) is 92.2 Å². The van der Waals surface area contributed by atoms with Crippen LogP contribution in [0.25, 0.3) is 0 Å². The highest BCUT2D eigenvalue weighted by Crippen LogP contribution is 2.27. The van der Waals surface area contributed by atoms with Crippen LogP contribution in [0.15, 0.2) is 0 Å². The van der Waals surface area contributed by atoms with Gasteiger partial charge in [-0.2, -0.15) is 0 Å². The monoisotopic (exact) mass is 262 g/mol. The minimum atomic E-state index is -1.32. The number of aliphatic hydroxyl groups excluding tert-OH is 5. The van der Waals surface area contributed by atoms with Crippen LogP contribution in [0.5, 0.6) is 0 Å². The van der Waals surface area contributed by atoms with E-state index in [4.69, 9.17) is 5.11 Å². The van der Waals surface area contributed by atoms with Crippen molar-refractivity contribution >= 4 is 0 Å². The first kappa shape index (κ1) is 14.1. The van der Waals surface area contributed by atoms with Crippen LogP contribution in [0.2, 0.25) is 0 Å². The van der Waals surface area contributed by atoms with Crippen molar-refractivity contribution in [3.05, 3.63) is 0 Å². The van der Waals surface area contributed by atoms with Crippen molar-refractivity contribution in [2.45, 2.75) is 43.3 Å². The second kappa shape index (κ2) is 5.79. The van der Waals surface area contributed by atoms with E-state index in [1.54, 1.807) is 5.01 Å². The van der Waals surface area contributed by atoms with E-state index in [-0.39, 0.29) is 6.54 Å². The molecule has 0 bridgehead atoms. The zero-order chi connectivity index (χ0) is 13.3. The lowest BCUT2D eigenvalue weighted by molar-refractivity contribution is -0.123. The van der Waals surface area contributed by atoms with E-state index in [1.165, 1.54) is 0 Å². The summed E-state index contributed by atoms with van der Waals surface area (Å²) in [5.41, 5.74) is 0. The molecule has 2 rings (SSSR count). The van der Waals surface area contributed by atoms with Crippen molar-refractivity contribution in [1.29, 1.82) is 0 Å². The van der Waals surface area contributed by atoms with Gasteiger partial charge in [0.2, 0.25) is 0 Å². The first-order valence-corrected chi connectivity index (χ1v) is 6.41. The topological polar surface area (TPSA) is 108 Å². The van der Waals surface area contributed by atoms with E-state index in [0.29, 0.717) is 0 Å². The molecule has 0 aromatic rings. The molecule has 5 atom stereocenters. The van der Waals surface area contributed by atoms with E-state index in [0.717, 1.165) is 25.9 Å². The number of hydrogen-bond donors (Lipinski definition) is 5. The standard InChI is InChI=1S/C11H22N2O5/c14-6-8(16)11(18)9-10(17)7(15)5-13(9)12-3-1-2-4-12/h7-11,14-18H,1-6H2/t7?,8-,9?,10?,11+/m1/s1. The molecular weight excluding hydrogens is 240 g/mol. The maximum Gasteiger partial charge on any atom is 0.105 e. The molecule has 2 saturated heterocycles. The van der Waals surface area contributed by atoms with Gasteiger partial charge in [-0.05, 0) is 12.8 Å². The molecule has 0 aromatic carbocycles. The molecule has 2 aliphatic rings. The Balaban J connectivity index is 2.11. The van der Waals surface area contributed by atoms with Crippen LogP contribution in [0.3, 0.4) is 0 Å². The predicted molar refractivity (Wildman–Crippen MR) is 62.4 cm³/mol. The summed E-state index contributed by atoms with van der Waals surface area (Å²) < 4.78 is 0. The molecule has 2 aliphatic heterocycles. The summed E-state index contributed by atoms with van der Waals surface area (Å²) in [5, 5.41) is 51.8. The number of hydrazine groups is 1. The van der Waals surface area contributed by atoms with Gasteiger partial charge in [-0.25, -0.2) is 10.0 Å². The van der Waals surface area contributed by atoms with Crippen LogP contribution in [0, 0.1) is 0 Å². The normalized spacial score (nSPS) is 38.2. The van der Waals surface area contributed by atoms with E-state index in [2.05, 4.69) is 0 Å². The molecule has 2 fully saturated rings. The Hall–Kier alpha value is -0.280. The highest BCUT2D eigenvalue weighted by atomic mass is 16.4. The molecule has 0 aromatic heterocycles. The number of nitrogens with zero attached hydrogens (tertiary/aromatic N) is 2. The van der Waals surface area contributed by atoms with Crippen LogP contribution >= 0.6 is 0 Å². The van der Waals surface area contributed by atoms with Crippen LogP contribution in [0.1, 0.15) is 12.8 Å². The highest BCUT2D eigenvalue weighted by molar-refractivity contribution is 4.98. The molecule has 0 saturated carbocycles. The second-order valence-electron chi connectivity index (χ2n) is 5.07. The lowest BCUT2D eigenvalue weighted by atomic mass is 10.0. The molecule has 0 amide bonds. The van der Waals surface area contributed by atoms with E-state index >= 15 is 0 Å². The van der Waals surface area contributed by atoms with Crippen molar-refractivity contribution in [1.82, 2.24) is 10.0 Å². The summed E-state index contributed by atoms with van der Waals surface area (Å²) in [4.78, 5) is 0. The largest absolute Gasteiger partial charge is 0.394 e. The van der Waals surface area contributed by atoms with Gasteiger partial charge in [0.1, 0.15) is 18.3 Å². The Labute approximate surface area is 106 Å². The Kier molecular flexibility index (Phi) is 4.54. The molecule has 3 unspecified atom stereocenters. The minimum Gasteiger partial charge on any atom is -0.394 e. The van der Waals surface area contributed by atoms with E-state index in [9.17, 15) is 20.4 Å². The summed E-state index contributed by atoms with van der Waals surface area (Å²) in [6.45, 7) is 1.30. The third-order valence-electron chi connectivity index (χ3n) is 3.84. The SMILES string of the molecule is OC[C@@H](O)[C@H](O)C1C(O)C(O)CN1N1CCCC1. The quantitative estimate of drug-likeness (QED) is 0.370. The number of rotatable bonds is 4. The smallest absolute Gasteiger partial charge is 0.105 e. The van der Waals surface area contributed by atoms with Gasteiger partial charge in [-0.15, -0.1) is 0 Å². The molecule has 18 heavy (non-hydrogen) atoms. The van der Waals surface area contributed by atoms with Crippen molar-refractivity contribution in [2.75, 3.05) is 26.2 Å². The van der Waals surface area contributed by atoms with E-state index < -0.39 is 37.1 Å². The van der Waals surface area contributed by atoms with Crippen molar-refractivity contribution in [3.63, 3.8) is 0 Å². The van der Waals surface area contributed by atoms with Gasteiger partial charge >= 0.3 is 0 Å². The molecule has 0 spiro atoms. The van der Waals surface area contributed by atoms with Gasteiger partial charge in [-0.1, -0.05) is 0 Å². The second-order valence-corrected chi connectivity index (χ2v) is 5.07. The number of hydrogen-bond acceptors (Lipinski definition) is 7. The minimum absolute atomic E-state index is 0.237. The lowest BCUT2D eigenvalue weighted by Crippen LogP contribution is -2.56. The fourth-order valence-electron chi connectivity index (χ4n) is 2.80. The maximum absolute atomic E-state index is 9.99. The van der Waals surface area contributed by atoms with Crippen LogP contribution in [0.4, 0.5) is 0 Å². The van der Waals surface area contributed by atoms with Gasteiger partial charge in [0, 0.05) is 19.6 Å². The summed E-state index contributed by atoms with van der Waals surface area (Å²) >= 11 is 0. The molecule has 106 valence electrons. The Morgan fingerprint density at radius 1 is 1.11 bits per heavy atom. The summed E-state index contributed by atoms with van der Waals surface area (Å²) in [7, 11) is 0. The predicted octanol–water partition coefficient (Wildman–Crippen LogP) is -2.88. The van der Waals surface area contributed by atoms with Crippen molar-refractivity contribution in [3.8, 4) is 0 Å². The molecule has 7 heteroatoms. The van der Waals surface area contributed by atoms with Gasteiger partial charge in [0.15, 0.2) is 0 Å². The van der Waals surface area contributed by atoms with Gasteiger partial charge in [-0.3, -0.25) is 0 Å². The van der Waals surface area contributed by atoms with Crippen LogP contribution < -0.4 is 0 Å². The zero-order valence-corrected chi connectivity index (χ0v) is 10.3. The molecule has 0 aliphatic carbocycles. The fourth-order valence-corrected chi connectivity index (χ4v) is 2.80. The van der Waals surface area contributed by atoms with Crippen LogP contribution in [-0.2, 0) is 0 Å². The third-order valence-corrected chi connectivity index (χ3v) is 3.84. The lowest BCUT2D eigenvalue weighted by Gasteiger charge is -2.37. The Morgan fingerprint density at radius 2 is 1.72 bits per heavy atom. The van der Waals surface area contributed by atoms with Gasteiger partial charge in [0.05, 0.1) is 18.8 Å². The maximum atomic E-state index is 9.99. The molecule has 2 heterocycles. The van der Waals surface area contributed by atoms with Gasteiger partial charge < -0.3 is 25.5 Å². The Morgan fingerprint density at radius 3 is 2.28 bits per heavy atom. The fraction of sp³-hybridized carbons (Fsp3) is 1.00.